The normalized spacial score (nSPS) is 11.1. The molecule has 1 N–H and O–H groups in total. The Morgan fingerprint density at radius 2 is 1.72 bits per heavy atom. The number of fused-ring (bicyclic) bond motifs is 2. The van der Waals surface area contributed by atoms with Gasteiger partial charge in [0, 0.05) is 16.1 Å². The second-order valence-electron chi connectivity index (χ2n) is 7.44. The van der Waals surface area contributed by atoms with E-state index in [1.165, 1.54) is 7.11 Å². The van der Waals surface area contributed by atoms with E-state index in [-0.39, 0.29) is 5.91 Å². The van der Waals surface area contributed by atoms with Gasteiger partial charge in [-0.3, -0.25) is 4.79 Å². The van der Waals surface area contributed by atoms with Crippen LogP contribution in [0.2, 0.25) is 5.02 Å². The van der Waals surface area contributed by atoms with Gasteiger partial charge < -0.3 is 10.1 Å². The molecular formula is C25H19ClN4O2. The highest BCUT2D eigenvalue weighted by Crippen LogP contribution is 2.27. The average molecular weight is 443 g/mol. The lowest BCUT2D eigenvalue weighted by Crippen LogP contribution is -2.14. The van der Waals surface area contributed by atoms with E-state index in [0.29, 0.717) is 27.5 Å². The number of carbonyl (C=O) groups excluding carboxylic acids is 1. The van der Waals surface area contributed by atoms with Crippen LogP contribution < -0.4 is 10.1 Å². The zero-order valence-corrected chi connectivity index (χ0v) is 18.2. The molecule has 1 amide bonds. The fraction of sp³-hybridized carbons (Fsp3) is 0.0800. The van der Waals surface area contributed by atoms with E-state index in [2.05, 4.69) is 27.6 Å². The predicted molar refractivity (Wildman–Crippen MR) is 127 cm³/mol. The molecule has 0 aliphatic rings. The first-order valence-electron chi connectivity index (χ1n) is 10.0. The van der Waals surface area contributed by atoms with Crippen LogP contribution in [0.4, 0.5) is 5.69 Å². The number of rotatable bonds is 4. The highest BCUT2D eigenvalue weighted by Gasteiger charge is 2.16. The number of nitrogens with one attached hydrogen (secondary N) is 1. The molecule has 6 nitrogen and oxygen atoms in total. The summed E-state index contributed by atoms with van der Waals surface area (Å²) < 4.78 is 5.30. The summed E-state index contributed by atoms with van der Waals surface area (Å²) in [5.74, 6) is 0.140. The molecule has 0 saturated carbocycles. The number of benzene rings is 4. The summed E-state index contributed by atoms with van der Waals surface area (Å²) in [5, 5.41) is 14.9. The maximum Gasteiger partial charge on any atom is 0.259 e. The molecule has 5 aromatic rings. The second-order valence-corrected chi connectivity index (χ2v) is 7.88. The van der Waals surface area contributed by atoms with E-state index in [1.807, 2.05) is 49.4 Å². The van der Waals surface area contributed by atoms with Crippen molar-refractivity contribution in [2.24, 2.45) is 0 Å². The monoisotopic (exact) mass is 442 g/mol. The minimum absolute atomic E-state index is 0.312. The highest BCUT2D eigenvalue weighted by molar-refractivity contribution is 6.31. The van der Waals surface area contributed by atoms with Crippen molar-refractivity contribution >= 4 is 45.0 Å². The minimum Gasteiger partial charge on any atom is -0.496 e. The highest BCUT2D eigenvalue weighted by atomic mass is 35.5. The molecule has 0 spiro atoms. The minimum atomic E-state index is -0.312. The summed E-state index contributed by atoms with van der Waals surface area (Å²) in [6.45, 7) is 1.92. The molecule has 4 aromatic carbocycles. The lowest BCUT2D eigenvalue weighted by atomic mass is 10.1. The first-order chi connectivity index (χ1) is 15.5. The molecule has 7 heteroatoms. The van der Waals surface area contributed by atoms with Gasteiger partial charge in [0.15, 0.2) is 0 Å². The van der Waals surface area contributed by atoms with Gasteiger partial charge in [-0.25, -0.2) is 0 Å². The molecule has 158 valence electrons. The molecule has 0 aliphatic carbocycles. The molecule has 0 unspecified atom stereocenters. The predicted octanol–water partition coefficient (Wildman–Crippen LogP) is 5.80. The van der Waals surface area contributed by atoms with Crippen molar-refractivity contribution in [3.63, 3.8) is 0 Å². The number of hydrogen-bond acceptors (Lipinski definition) is 4. The number of ether oxygens (including phenoxy) is 1. The third-order valence-corrected chi connectivity index (χ3v) is 5.60. The van der Waals surface area contributed by atoms with E-state index < -0.39 is 0 Å². The molecule has 0 radical (unpaired) electrons. The summed E-state index contributed by atoms with van der Waals surface area (Å²) in [7, 11) is 1.52. The molecular weight excluding hydrogens is 424 g/mol. The summed E-state index contributed by atoms with van der Waals surface area (Å²) in [6, 6.07) is 22.8. The zero-order chi connectivity index (χ0) is 22.2. The Kier molecular flexibility index (Phi) is 4.99. The van der Waals surface area contributed by atoms with Crippen LogP contribution in [0, 0.1) is 6.92 Å². The van der Waals surface area contributed by atoms with Crippen LogP contribution in [0.15, 0.2) is 72.8 Å². The van der Waals surface area contributed by atoms with Gasteiger partial charge in [-0.2, -0.15) is 0 Å². The van der Waals surface area contributed by atoms with Crippen molar-refractivity contribution in [2.75, 3.05) is 12.4 Å². The zero-order valence-electron chi connectivity index (χ0n) is 17.5. The van der Waals surface area contributed by atoms with Crippen LogP contribution in [0.5, 0.6) is 5.75 Å². The second kappa shape index (κ2) is 7.98. The quantitative estimate of drug-likeness (QED) is 0.382. The maximum atomic E-state index is 12.9. The lowest BCUT2D eigenvalue weighted by molar-refractivity contribution is 0.102. The molecule has 0 aliphatic heterocycles. The SMILES string of the molecule is COc1ccc(Cl)cc1C(=O)Nc1cc2nn(-c3cccc4ccccc34)nc2cc1C. The van der Waals surface area contributed by atoms with Gasteiger partial charge in [0.05, 0.1) is 18.4 Å². The van der Waals surface area contributed by atoms with Crippen molar-refractivity contribution in [2.45, 2.75) is 6.92 Å². The Balaban J connectivity index is 1.53. The van der Waals surface area contributed by atoms with Crippen molar-refractivity contribution in [3.05, 3.63) is 88.9 Å². The van der Waals surface area contributed by atoms with Crippen LogP contribution in [0.1, 0.15) is 15.9 Å². The van der Waals surface area contributed by atoms with Crippen LogP contribution in [0.3, 0.4) is 0 Å². The Bertz CT molecular complexity index is 1490. The molecule has 1 heterocycles. The van der Waals surface area contributed by atoms with E-state index in [4.69, 9.17) is 16.3 Å². The Morgan fingerprint density at radius 3 is 2.53 bits per heavy atom. The largest absolute Gasteiger partial charge is 0.496 e. The lowest BCUT2D eigenvalue weighted by Gasteiger charge is -2.11. The molecule has 0 bridgehead atoms. The number of amides is 1. The summed E-state index contributed by atoms with van der Waals surface area (Å²) >= 11 is 6.08. The Labute approximate surface area is 189 Å². The molecule has 32 heavy (non-hydrogen) atoms. The molecule has 0 atom stereocenters. The van der Waals surface area contributed by atoms with Crippen LogP contribution in [-0.2, 0) is 0 Å². The molecule has 1 aromatic heterocycles. The van der Waals surface area contributed by atoms with Crippen molar-refractivity contribution in [1.29, 1.82) is 0 Å². The third-order valence-electron chi connectivity index (χ3n) is 5.36. The Morgan fingerprint density at radius 1 is 0.969 bits per heavy atom. The average Bonchev–Trinajstić information content (AvgIpc) is 3.21. The third kappa shape index (κ3) is 3.55. The maximum absolute atomic E-state index is 12.9. The topological polar surface area (TPSA) is 69.0 Å². The van der Waals surface area contributed by atoms with Gasteiger partial charge >= 0.3 is 0 Å². The number of aryl methyl sites for hydroxylation is 1. The number of nitrogens with zero attached hydrogens (tertiary/aromatic N) is 3. The van der Waals surface area contributed by atoms with E-state index in [1.54, 1.807) is 23.0 Å². The smallest absolute Gasteiger partial charge is 0.259 e. The van der Waals surface area contributed by atoms with Crippen LogP contribution >= 0.6 is 11.6 Å². The van der Waals surface area contributed by atoms with Gasteiger partial charge in [-0.05, 0) is 54.3 Å². The molecule has 0 saturated heterocycles. The van der Waals surface area contributed by atoms with Gasteiger partial charge in [-0.15, -0.1) is 15.0 Å². The first kappa shape index (κ1) is 20.0. The number of carbonyl (C=O) groups is 1. The van der Waals surface area contributed by atoms with E-state index in [0.717, 1.165) is 27.5 Å². The van der Waals surface area contributed by atoms with E-state index >= 15 is 0 Å². The Hall–Kier alpha value is -3.90. The number of anilines is 1. The standard InChI is InChI=1S/C25H19ClN4O2/c1-15-12-21-22(14-20(15)27-25(31)19-13-17(26)10-11-24(19)32-2)29-30(28-21)23-9-5-7-16-6-3-4-8-18(16)23/h3-14H,1-2H3,(H,27,31). The van der Waals surface area contributed by atoms with E-state index in [9.17, 15) is 4.79 Å². The molecule has 0 fully saturated rings. The first-order valence-corrected chi connectivity index (χ1v) is 10.4. The van der Waals surface area contributed by atoms with Crippen molar-refractivity contribution in [3.8, 4) is 11.4 Å². The summed E-state index contributed by atoms with van der Waals surface area (Å²) in [4.78, 5) is 14.6. The molecule has 5 rings (SSSR count). The fourth-order valence-corrected chi connectivity index (χ4v) is 3.91. The number of methoxy groups -OCH3 is 1. The van der Waals surface area contributed by atoms with Gasteiger partial charge in [0.25, 0.3) is 5.91 Å². The number of aromatic nitrogens is 3. The van der Waals surface area contributed by atoms with Crippen molar-refractivity contribution < 1.29 is 9.53 Å². The van der Waals surface area contributed by atoms with Crippen molar-refractivity contribution in [1.82, 2.24) is 15.0 Å². The van der Waals surface area contributed by atoms with Gasteiger partial charge in [0.1, 0.15) is 16.8 Å². The van der Waals surface area contributed by atoms with Gasteiger partial charge in [0.2, 0.25) is 0 Å². The number of halogens is 1. The van der Waals surface area contributed by atoms with Crippen LogP contribution in [0.25, 0.3) is 27.5 Å². The van der Waals surface area contributed by atoms with Gasteiger partial charge in [-0.1, -0.05) is 48.0 Å². The van der Waals surface area contributed by atoms with Crippen LogP contribution in [-0.4, -0.2) is 28.0 Å². The number of hydrogen-bond donors (Lipinski definition) is 1. The summed E-state index contributed by atoms with van der Waals surface area (Å²) in [6.07, 6.45) is 0. The summed E-state index contributed by atoms with van der Waals surface area (Å²) in [5.41, 5.74) is 4.20. The fourth-order valence-electron chi connectivity index (χ4n) is 3.74.